The van der Waals surface area contributed by atoms with Crippen LogP contribution in [0.4, 0.5) is 5.69 Å². The lowest BCUT2D eigenvalue weighted by atomic mass is 10.1. The van der Waals surface area contributed by atoms with Gasteiger partial charge < -0.3 is 9.47 Å². The molecular formula is C20H17BrN2O5. The van der Waals surface area contributed by atoms with Crippen molar-refractivity contribution in [2.45, 2.75) is 13.0 Å². The van der Waals surface area contributed by atoms with Crippen molar-refractivity contribution < 1.29 is 23.9 Å². The van der Waals surface area contributed by atoms with Gasteiger partial charge in [0, 0.05) is 0 Å². The molecule has 3 rings (SSSR count). The van der Waals surface area contributed by atoms with E-state index in [1.807, 2.05) is 6.07 Å². The van der Waals surface area contributed by atoms with Crippen LogP contribution in [0.5, 0.6) is 5.75 Å². The van der Waals surface area contributed by atoms with Gasteiger partial charge in [0.1, 0.15) is 11.3 Å². The molecule has 7 nitrogen and oxygen atoms in total. The van der Waals surface area contributed by atoms with Gasteiger partial charge in [-0.25, -0.2) is 9.80 Å². The van der Waals surface area contributed by atoms with E-state index in [1.54, 1.807) is 49.4 Å². The van der Waals surface area contributed by atoms with E-state index in [0.717, 1.165) is 0 Å². The molecule has 144 valence electrons. The smallest absolute Gasteiger partial charge is 0.346 e. The maximum absolute atomic E-state index is 12.6. The number of nitrogens with one attached hydrogen (secondary N) is 1. The summed E-state index contributed by atoms with van der Waals surface area (Å²) in [4.78, 5) is 36.3. The van der Waals surface area contributed by atoms with Crippen LogP contribution in [-0.4, -0.2) is 31.0 Å². The number of methoxy groups -OCH3 is 1. The Kier molecular flexibility index (Phi) is 5.79. The van der Waals surface area contributed by atoms with Gasteiger partial charge in [-0.1, -0.05) is 24.3 Å². The lowest BCUT2D eigenvalue weighted by Crippen LogP contribution is -2.35. The minimum Gasteiger partial charge on any atom is -0.478 e. The molecule has 0 aliphatic carbocycles. The lowest BCUT2D eigenvalue weighted by Gasteiger charge is -2.14. The number of hydrogen-bond donors (Lipinski definition) is 1. The first-order valence-electron chi connectivity index (χ1n) is 8.37. The third-order valence-corrected chi connectivity index (χ3v) is 4.63. The van der Waals surface area contributed by atoms with E-state index in [0.29, 0.717) is 21.5 Å². The topological polar surface area (TPSA) is 84.9 Å². The molecule has 2 aromatic rings. The standard InChI is InChI=1S/C20H17BrN2O5/c1-12(20(26)27-2)28-17-9-8-13(11-16(17)21)10-15-18(24)22-23(19(15)25)14-6-4-3-5-7-14/h3-12H,1-2H3,(H,22,24). The number of hydrazine groups is 1. The van der Waals surface area contributed by atoms with Crippen molar-refractivity contribution in [2.75, 3.05) is 12.1 Å². The minimum absolute atomic E-state index is 0.0207. The van der Waals surface area contributed by atoms with Crippen LogP contribution in [0.25, 0.3) is 6.08 Å². The summed E-state index contributed by atoms with van der Waals surface area (Å²) in [5.41, 5.74) is 3.77. The van der Waals surface area contributed by atoms with Crippen LogP contribution >= 0.6 is 15.9 Å². The Morgan fingerprint density at radius 2 is 1.89 bits per heavy atom. The highest BCUT2D eigenvalue weighted by molar-refractivity contribution is 9.10. The first kappa shape index (κ1) is 19.6. The van der Waals surface area contributed by atoms with Crippen LogP contribution in [0.3, 0.4) is 0 Å². The molecule has 1 atom stereocenters. The normalized spacial score (nSPS) is 16.1. The fraction of sp³-hybridized carbons (Fsp3) is 0.150. The largest absolute Gasteiger partial charge is 0.478 e. The van der Waals surface area contributed by atoms with E-state index >= 15 is 0 Å². The summed E-state index contributed by atoms with van der Waals surface area (Å²) >= 11 is 3.37. The predicted octanol–water partition coefficient (Wildman–Crippen LogP) is 2.85. The molecule has 1 saturated heterocycles. The first-order valence-corrected chi connectivity index (χ1v) is 9.16. The molecule has 0 saturated carbocycles. The summed E-state index contributed by atoms with van der Waals surface area (Å²) < 4.78 is 10.7. The molecule has 2 amide bonds. The molecular weight excluding hydrogens is 428 g/mol. The SMILES string of the molecule is COC(=O)C(C)Oc1ccc(C=C2C(=O)NN(c3ccccc3)C2=O)cc1Br. The zero-order valence-corrected chi connectivity index (χ0v) is 16.7. The van der Waals surface area contributed by atoms with Gasteiger partial charge in [-0.2, -0.15) is 0 Å². The van der Waals surface area contributed by atoms with Crippen molar-refractivity contribution in [3.63, 3.8) is 0 Å². The number of carbonyl (C=O) groups excluding carboxylic acids is 3. The first-order chi connectivity index (χ1) is 13.4. The van der Waals surface area contributed by atoms with E-state index in [4.69, 9.17) is 4.74 Å². The van der Waals surface area contributed by atoms with E-state index in [-0.39, 0.29) is 5.57 Å². The molecule has 1 fully saturated rings. The van der Waals surface area contributed by atoms with Crippen molar-refractivity contribution in [2.24, 2.45) is 0 Å². The van der Waals surface area contributed by atoms with Gasteiger partial charge in [0.25, 0.3) is 11.8 Å². The Hall–Kier alpha value is -3.13. The van der Waals surface area contributed by atoms with E-state index in [2.05, 4.69) is 26.1 Å². The molecule has 2 aromatic carbocycles. The Labute approximate surface area is 170 Å². The van der Waals surface area contributed by atoms with E-state index in [1.165, 1.54) is 18.2 Å². The van der Waals surface area contributed by atoms with Gasteiger partial charge >= 0.3 is 5.97 Å². The number of esters is 1. The van der Waals surface area contributed by atoms with E-state index in [9.17, 15) is 14.4 Å². The number of halogens is 1. The monoisotopic (exact) mass is 444 g/mol. The van der Waals surface area contributed by atoms with Crippen LogP contribution < -0.4 is 15.2 Å². The summed E-state index contributed by atoms with van der Waals surface area (Å²) in [6.45, 7) is 1.58. The van der Waals surface area contributed by atoms with Crippen molar-refractivity contribution in [3.05, 3.63) is 64.1 Å². The minimum atomic E-state index is -0.771. The molecule has 1 N–H and O–H groups in total. The van der Waals surface area contributed by atoms with E-state index < -0.39 is 23.9 Å². The highest BCUT2D eigenvalue weighted by Crippen LogP contribution is 2.29. The average Bonchev–Trinajstić information content (AvgIpc) is 2.98. The van der Waals surface area contributed by atoms with Crippen LogP contribution in [0.1, 0.15) is 12.5 Å². The number of amides is 2. The lowest BCUT2D eigenvalue weighted by molar-refractivity contribution is -0.147. The van der Waals surface area contributed by atoms with Gasteiger partial charge in [-0.05, 0) is 58.8 Å². The summed E-state index contributed by atoms with van der Waals surface area (Å²) in [7, 11) is 1.29. The third-order valence-electron chi connectivity index (χ3n) is 4.01. The second-order valence-electron chi connectivity index (χ2n) is 5.95. The molecule has 1 aliphatic rings. The summed E-state index contributed by atoms with van der Waals surface area (Å²) in [5, 5.41) is 1.21. The number of ether oxygens (including phenoxy) is 2. The van der Waals surface area contributed by atoms with Gasteiger partial charge in [-0.15, -0.1) is 0 Å². The van der Waals surface area contributed by atoms with Crippen molar-refractivity contribution in [1.29, 1.82) is 0 Å². The van der Waals surface area contributed by atoms with Gasteiger partial charge in [-0.3, -0.25) is 15.0 Å². The fourth-order valence-corrected chi connectivity index (χ4v) is 3.08. The third kappa shape index (κ3) is 4.07. The maximum atomic E-state index is 12.6. The molecule has 0 radical (unpaired) electrons. The van der Waals surface area contributed by atoms with Crippen molar-refractivity contribution in [3.8, 4) is 5.75 Å². The average molecular weight is 445 g/mol. The Balaban J connectivity index is 1.81. The molecule has 1 aliphatic heterocycles. The zero-order valence-electron chi connectivity index (χ0n) is 15.1. The molecule has 1 unspecified atom stereocenters. The molecule has 0 aromatic heterocycles. The highest BCUT2D eigenvalue weighted by Gasteiger charge is 2.34. The Morgan fingerprint density at radius 3 is 2.54 bits per heavy atom. The molecule has 1 heterocycles. The number of hydrogen-bond acceptors (Lipinski definition) is 5. The summed E-state index contributed by atoms with van der Waals surface area (Å²) in [5.74, 6) is -0.975. The Morgan fingerprint density at radius 1 is 1.18 bits per heavy atom. The fourth-order valence-electron chi connectivity index (χ4n) is 2.59. The van der Waals surface area contributed by atoms with Crippen LogP contribution in [0.2, 0.25) is 0 Å². The highest BCUT2D eigenvalue weighted by atomic mass is 79.9. The van der Waals surface area contributed by atoms with Crippen molar-refractivity contribution in [1.82, 2.24) is 5.43 Å². The summed E-state index contributed by atoms with van der Waals surface area (Å²) in [6.07, 6.45) is 0.728. The van der Waals surface area contributed by atoms with Crippen LogP contribution in [-0.2, 0) is 19.1 Å². The zero-order chi connectivity index (χ0) is 20.3. The molecule has 28 heavy (non-hydrogen) atoms. The van der Waals surface area contributed by atoms with Gasteiger partial charge in [0.05, 0.1) is 17.3 Å². The molecule has 8 heteroatoms. The maximum Gasteiger partial charge on any atom is 0.346 e. The molecule has 0 bridgehead atoms. The van der Waals surface area contributed by atoms with Crippen LogP contribution in [0, 0.1) is 0 Å². The number of benzene rings is 2. The van der Waals surface area contributed by atoms with Gasteiger partial charge in [0.2, 0.25) is 0 Å². The molecule has 0 spiro atoms. The second kappa shape index (κ2) is 8.26. The second-order valence-corrected chi connectivity index (χ2v) is 6.80. The van der Waals surface area contributed by atoms with Crippen LogP contribution in [0.15, 0.2) is 58.6 Å². The predicted molar refractivity (Wildman–Crippen MR) is 106 cm³/mol. The number of para-hydroxylation sites is 1. The number of rotatable bonds is 5. The number of anilines is 1. The van der Waals surface area contributed by atoms with Crippen molar-refractivity contribution >= 4 is 45.5 Å². The summed E-state index contributed by atoms with van der Waals surface area (Å²) in [6, 6.07) is 13.9. The Bertz CT molecular complexity index is 958. The number of carbonyl (C=O) groups is 3. The quantitative estimate of drug-likeness (QED) is 0.435. The van der Waals surface area contributed by atoms with Gasteiger partial charge in [0.15, 0.2) is 6.10 Å². The number of nitrogens with zero attached hydrogens (tertiary/aromatic N) is 1.